The summed E-state index contributed by atoms with van der Waals surface area (Å²) >= 11 is 5.92. The van der Waals surface area contributed by atoms with Crippen LogP contribution in [0.1, 0.15) is 13.3 Å². The van der Waals surface area contributed by atoms with Gasteiger partial charge in [0.25, 0.3) is 0 Å². The van der Waals surface area contributed by atoms with Gasteiger partial charge in [-0.05, 0) is 19.1 Å². The average molecular weight is 224 g/mol. The van der Waals surface area contributed by atoms with E-state index >= 15 is 0 Å². The second kappa shape index (κ2) is 3.76. The number of nitrogens with zero attached hydrogens (tertiary/aromatic N) is 1. The highest BCUT2D eigenvalue weighted by Gasteiger charge is 2.28. The van der Waals surface area contributed by atoms with Crippen LogP contribution in [0.2, 0.25) is 0 Å². The Kier molecular flexibility index (Phi) is 2.59. The van der Waals surface area contributed by atoms with E-state index in [1.165, 1.54) is 6.08 Å². The Morgan fingerprint density at radius 3 is 3.00 bits per heavy atom. The van der Waals surface area contributed by atoms with Crippen molar-refractivity contribution < 1.29 is 9.90 Å². The van der Waals surface area contributed by atoms with Gasteiger partial charge in [-0.2, -0.15) is 0 Å². The number of aliphatic hydroxyl groups is 1. The molecule has 2 rings (SSSR count). The van der Waals surface area contributed by atoms with Gasteiger partial charge in [-0.15, -0.1) is 0 Å². The normalized spacial score (nSPS) is 21.4. The number of carbonyl (C=O) groups is 1. The molecule has 78 valence electrons. The van der Waals surface area contributed by atoms with Crippen molar-refractivity contribution in [2.75, 3.05) is 0 Å². The molecular weight excluding hydrogens is 214 g/mol. The molecule has 0 fully saturated rings. The number of hydrogen-bond donors (Lipinski definition) is 1. The summed E-state index contributed by atoms with van der Waals surface area (Å²) in [5.74, 6) is -0.0949. The highest BCUT2D eigenvalue weighted by molar-refractivity contribution is 6.70. The fourth-order valence-electron chi connectivity index (χ4n) is 1.67. The molecule has 3 nitrogen and oxygen atoms in total. The van der Waals surface area contributed by atoms with Crippen molar-refractivity contribution in [2.24, 2.45) is 4.99 Å². The van der Waals surface area contributed by atoms with Gasteiger partial charge in [0.05, 0.1) is 17.4 Å². The standard InChI is InChI=1S/C11H10ClNO2/c1-6(14)5-7-10-8(13-11(7)12)3-2-4-9(10)15/h2-4,6,14H,5H2,1H3. The first-order valence-corrected chi connectivity index (χ1v) is 5.06. The van der Waals surface area contributed by atoms with Gasteiger partial charge in [-0.1, -0.05) is 17.7 Å². The Morgan fingerprint density at radius 1 is 1.60 bits per heavy atom. The van der Waals surface area contributed by atoms with E-state index in [0.717, 1.165) is 0 Å². The van der Waals surface area contributed by atoms with Gasteiger partial charge in [0.2, 0.25) is 0 Å². The van der Waals surface area contributed by atoms with E-state index in [9.17, 15) is 9.90 Å². The predicted molar refractivity (Wildman–Crippen MR) is 58.8 cm³/mol. The van der Waals surface area contributed by atoms with E-state index < -0.39 is 6.10 Å². The molecule has 1 aliphatic heterocycles. The van der Waals surface area contributed by atoms with Crippen molar-refractivity contribution in [3.8, 4) is 0 Å². The van der Waals surface area contributed by atoms with E-state index in [2.05, 4.69) is 4.99 Å². The summed E-state index contributed by atoms with van der Waals surface area (Å²) in [5, 5.41) is 9.62. The van der Waals surface area contributed by atoms with Gasteiger partial charge in [0.15, 0.2) is 5.78 Å². The second-order valence-corrected chi connectivity index (χ2v) is 3.94. The van der Waals surface area contributed by atoms with Gasteiger partial charge in [0.1, 0.15) is 5.17 Å². The van der Waals surface area contributed by atoms with Crippen LogP contribution >= 0.6 is 11.6 Å². The Labute approximate surface area is 92.5 Å². The topological polar surface area (TPSA) is 49.7 Å². The molecule has 0 spiro atoms. The number of rotatable bonds is 2. The summed E-state index contributed by atoms with van der Waals surface area (Å²) < 4.78 is 0. The molecule has 4 heteroatoms. The van der Waals surface area contributed by atoms with Crippen LogP contribution in [-0.2, 0) is 4.79 Å². The van der Waals surface area contributed by atoms with Crippen molar-refractivity contribution in [2.45, 2.75) is 19.4 Å². The minimum Gasteiger partial charge on any atom is -0.393 e. The maximum absolute atomic E-state index is 11.6. The molecule has 1 N–H and O–H groups in total. The van der Waals surface area contributed by atoms with Crippen molar-refractivity contribution in [3.63, 3.8) is 0 Å². The molecule has 1 aliphatic carbocycles. The third kappa shape index (κ3) is 1.80. The number of fused-ring (bicyclic) bond motifs is 1. The minimum atomic E-state index is -0.533. The lowest BCUT2D eigenvalue weighted by Gasteiger charge is -2.08. The molecule has 0 aromatic carbocycles. The summed E-state index contributed by atoms with van der Waals surface area (Å²) in [6.45, 7) is 1.66. The highest BCUT2D eigenvalue weighted by Crippen LogP contribution is 2.32. The van der Waals surface area contributed by atoms with E-state index in [0.29, 0.717) is 28.4 Å². The largest absolute Gasteiger partial charge is 0.393 e. The number of ketones is 1. The summed E-state index contributed by atoms with van der Waals surface area (Å²) in [6, 6.07) is 0. The maximum atomic E-state index is 11.6. The van der Waals surface area contributed by atoms with Crippen molar-refractivity contribution >= 4 is 22.6 Å². The summed E-state index contributed by atoms with van der Waals surface area (Å²) in [6.07, 6.45) is 4.70. The van der Waals surface area contributed by atoms with E-state index in [4.69, 9.17) is 11.6 Å². The Bertz CT molecular complexity index is 442. The Morgan fingerprint density at radius 2 is 2.33 bits per heavy atom. The number of hydrogen-bond acceptors (Lipinski definition) is 3. The van der Waals surface area contributed by atoms with E-state index in [1.54, 1.807) is 19.1 Å². The van der Waals surface area contributed by atoms with Crippen LogP contribution in [0.4, 0.5) is 0 Å². The fourth-order valence-corrected chi connectivity index (χ4v) is 1.94. The lowest BCUT2D eigenvalue weighted by Crippen LogP contribution is -2.10. The number of aliphatic hydroxyl groups excluding tert-OH is 1. The number of aliphatic imine (C=N–C) groups is 1. The average Bonchev–Trinajstić information content (AvgIpc) is 2.43. The van der Waals surface area contributed by atoms with Crippen molar-refractivity contribution in [1.82, 2.24) is 0 Å². The van der Waals surface area contributed by atoms with E-state index in [-0.39, 0.29) is 5.78 Å². The summed E-state index contributed by atoms with van der Waals surface area (Å²) in [5.41, 5.74) is 1.78. The molecule has 0 aromatic rings. The molecule has 15 heavy (non-hydrogen) atoms. The molecule has 1 heterocycles. The first-order chi connectivity index (χ1) is 7.09. The summed E-state index contributed by atoms with van der Waals surface area (Å²) in [7, 11) is 0. The number of allylic oxidation sites excluding steroid dienone is 4. The third-order valence-corrected chi connectivity index (χ3v) is 2.59. The van der Waals surface area contributed by atoms with Crippen molar-refractivity contribution in [1.29, 1.82) is 0 Å². The summed E-state index contributed by atoms with van der Waals surface area (Å²) in [4.78, 5) is 15.7. The third-order valence-electron chi connectivity index (χ3n) is 2.27. The minimum absolute atomic E-state index is 0.0949. The molecule has 0 saturated carbocycles. The number of halogens is 1. The first kappa shape index (κ1) is 10.3. The number of carbonyl (C=O) groups excluding carboxylic acids is 1. The molecule has 1 unspecified atom stereocenters. The van der Waals surface area contributed by atoms with Crippen LogP contribution in [-0.4, -0.2) is 22.2 Å². The Hall–Kier alpha value is -1.19. The molecule has 0 amide bonds. The molecule has 1 atom stereocenters. The second-order valence-electron chi connectivity index (χ2n) is 3.58. The van der Waals surface area contributed by atoms with Gasteiger partial charge in [-0.3, -0.25) is 4.79 Å². The monoisotopic (exact) mass is 223 g/mol. The molecule has 0 saturated heterocycles. The SMILES string of the molecule is CC(O)CC1=C2C(=O)C=CC=C2N=C1Cl. The lowest BCUT2D eigenvalue weighted by atomic mass is 9.97. The van der Waals surface area contributed by atoms with Gasteiger partial charge < -0.3 is 5.11 Å². The van der Waals surface area contributed by atoms with Crippen LogP contribution < -0.4 is 0 Å². The van der Waals surface area contributed by atoms with Gasteiger partial charge in [0, 0.05) is 12.0 Å². The first-order valence-electron chi connectivity index (χ1n) is 4.68. The van der Waals surface area contributed by atoms with Crippen LogP contribution in [0.25, 0.3) is 0 Å². The maximum Gasteiger partial charge on any atom is 0.188 e. The van der Waals surface area contributed by atoms with Crippen LogP contribution in [0.3, 0.4) is 0 Å². The quantitative estimate of drug-likeness (QED) is 0.775. The zero-order valence-corrected chi connectivity index (χ0v) is 8.95. The molecule has 0 bridgehead atoms. The molecular formula is C11H10ClNO2. The Balaban J connectivity index is 2.45. The molecule has 0 radical (unpaired) electrons. The zero-order chi connectivity index (χ0) is 11.0. The zero-order valence-electron chi connectivity index (χ0n) is 8.20. The fraction of sp³-hybridized carbons (Fsp3) is 0.273. The lowest BCUT2D eigenvalue weighted by molar-refractivity contribution is -0.111. The van der Waals surface area contributed by atoms with Crippen LogP contribution in [0, 0.1) is 0 Å². The van der Waals surface area contributed by atoms with Crippen molar-refractivity contribution in [3.05, 3.63) is 35.1 Å². The van der Waals surface area contributed by atoms with Gasteiger partial charge in [-0.25, -0.2) is 4.99 Å². The van der Waals surface area contributed by atoms with E-state index in [1.807, 2.05) is 0 Å². The van der Waals surface area contributed by atoms with Crippen LogP contribution in [0.15, 0.2) is 40.1 Å². The molecule has 2 aliphatic rings. The smallest absolute Gasteiger partial charge is 0.188 e. The van der Waals surface area contributed by atoms with Gasteiger partial charge >= 0.3 is 0 Å². The van der Waals surface area contributed by atoms with Crippen LogP contribution in [0.5, 0.6) is 0 Å². The molecule has 0 aromatic heterocycles. The highest BCUT2D eigenvalue weighted by atomic mass is 35.5. The predicted octanol–water partition coefficient (Wildman–Crippen LogP) is 1.73.